The fourth-order valence-corrected chi connectivity index (χ4v) is 4.46. The van der Waals surface area contributed by atoms with Crippen LogP contribution in [-0.2, 0) is 22.4 Å². The summed E-state index contributed by atoms with van der Waals surface area (Å²) in [6.45, 7) is 6.26. The molecule has 0 amide bonds. The average Bonchev–Trinajstić information content (AvgIpc) is 3.19. The van der Waals surface area contributed by atoms with Crippen molar-refractivity contribution in [3.63, 3.8) is 0 Å². The summed E-state index contributed by atoms with van der Waals surface area (Å²) in [5, 5.41) is 3.56. The van der Waals surface area contributed by atoms with Crippen LogP contribution in [0.4, 0.5) is 0 Å². The smallest absolute Gasteiger partial charge is 0.323 e. The Kier molecular flexibility index (Phi) is 9.39. The van der Waals surface area contributed by atoms with Crippen molar-refractivity contribution in [2.75, 3.05) is 32.8 Å². The summed E-state index contributed by atoms with van der Waals surface area (Å²) in [4.78, 5) is 15.0. The van der Waals surface area contributed by atoms with Crippen LogP contribution < -0.4 is 5.32 Å². The molecule has 0 bridgehead atoms. The van der Waals surface area contributed by atoms with E-state index >= 15 is 0 Å². The molecule has 1 saturated heterocycles. The van der Waals surface area contributed by atoms with Crippen LogP contribution >= 0.6 is 0 Å². The molecule has 0 saturated carbocycles. The van der Waals surface area contributed by atoms with Crippen LogP contribution in [0.2, 0.25) is 0 Å². The molecule has 0 radical (unpaired) electrons. The molecule has 1 N–H and O–H groups in total. The Morgan fingerprint density at radius 3 is 2.33 bits per heavy atom. The Morgan fingerprint density at radius 2 is 1.67 bits per heavy atom. The zero-order valence-electron chi connectivity index (χ0n) is 18.3. The van der Waals surface area contributed by atoms with Gasteiger partial charge in [-0.3, -0.25) is 9.69 Å². The lowest BCUT2D eigenvalue weighted by Crippen LogP contribution is -2.42. The molecular weight excluding hydrogens is 372 g/mol. The summed E-state index contributed by atoms with van der Waals surface area (Å²) in [5.74, 6) is 0.362. The van der Waals surface area contributed by atoms with Gasteiger partial charge in [-0.25, -0.2) is 0 Å². The predicted molar refractivity (Wildman–Crippen MR) is 122 cm³/mol. The van der Waals surface area contributed by atoms with Crippen LogP contribution in [0.3, 0.4) is 0 Å². The SMILES string of the molecule is CCOC(=O)[C@@H]1[C@H](CCCNCCc2ccccc2)CCN1CCc1ccccc1. The fourth-order valence-electron chi connectivity index (χ4n) is 4.46. The standard InChI is InChI=1S/C26H36N2O2/c1-2-30-26(29)25-24(14-9-18-27-19-15-22-10-5-3-6-11-22)17-21-28(25)20-16-23-12-7-4-8-13-23/h3-8,10-13,24-25,27H,2,9,14-21H2,1H3/t24-,25+/m1/s1. The second-order valence-electron chi connectivity index (χ2n) is 8.15. The number of benzene rings is 2. The van der Waals surface area contributed by atoms with Crippen LogP contribution in [0.25, 0.3) is 0 Å². The Hall–Kier alpha value is -2.17. The summed E-state index contributed by atoms with van der Waals surface area (Å²) in [6, 6.07) is 21.0. The number of nitrogens with zero attached hydrogens (tertiary/aromatic N) is 1. The van der Waals surface area contributed by atoms with E-state index in [0.717, 1.165) is 58.3 Å². The third-order valence-corrected chi connectivity index (χ3v) is 6.05. The molecule has 2 aromatic rings. The lowest BCUT2D eigenvalue weighted by atomic mass is 9.94. The van der Waals surface area contributed by atoms with Gasteiger partial charge < -0.3 is 10.1 Å². The van der Waals surface area contributed by atoms with Crippen LogP contribution in [0.1, 0.15) is 37.3 Å². The number of carbonyl (C=O) groups excluding carboxylic acids is 1. The molecule has 2 atom stereocenters. The van der Waals surface area contributed by atoms with Crippen LogP contribution in [0, 0.1) is 5.92 Å². The number of likely N-dealkylation sites (tertiary alicyclic amines) is 1. The molecule has 0 aliphatic carbocycles. The van der Waals surface area contributed by atoms with E-state index in [1.54, 1.807) is 0 Å². The monoisotopic (exact) mass is 408 g/mol. The molecule has 1 aliphatic heterocycles. The van der Waals surface area contributed by atoms with Gasteiger partial charge in [0.2, 0.25) is 0 Å². The molecule has 4 heteroatoms. The van der Waals surface area contributed by atoms with Crippen molar-refractivity contribution in [1.82, 2.24) is 10.2 Å². The zero-order valence-corrected chi connectivity index (χ0v) is 18.3. The van der Waals surface area contributed by atoms with Gasteiger partial charge in [0.1, 0.15) is 6.04 Å². The second-order valence-corrected chi connectivity index (χ2v) is 8.15. The van der Waals surface area contributed by atoms with Gasteiger partial charge in [-0.15, -0.1) is 0 Å². The Balaban J connectivity index is 1.42. The third-order valence-electron chi connectivity index (χ3n) is 6.05. The highest BCUT2D eigenvalue weighted by Gasteiger charge is 2.39. The average molecular weight is 409 g/mol. The molecule has 30 heavy (non-hydrogen) atoms. The van der Waals surface area contributed by atoms with E-state index in [1.165, 1.54) is 11.1 Å². The number of hydrogen-bond acceptors (Lipinski definition) is 4. The summed E-state index contributed by atoms with van der Waals surface area (Å²) >= 11 is 0. The van der Waals surface area contributed by atoms with E-state index < -0.39 is 0 Å². The van der Waals surface area contributed by atoms with E-state index in [1.807, 2.05) is 13.0 Å². The molecule has 1 heterocycles. The first-order chi connectivity index (χ1) is 14.8. The number of ether oxygens (including phenoxy) is 1. The topological polar surface area (TPSA) is 41.6 Å². The second kappa shape index (κ2) is 12.5. The van der Waals surface area contributed by atoms with Gasteiger partial charge in [-0.2, -0.15) is 0 Å². The van der Waals surface area contributed by atoms with Gasteiger partial charge in [-0.05, 0) is 75.7 Å². The van der Waals surface area contributed by atoms with Gasteiger partial charge in [0, 0.05) is 6.54 Å². The van der Waals surface area contributed by atoms with Gasteiger partial charge in [0.15, 0.2) is 0 Å². The molecule has 0 spiro atoms. The predicted octanol–water partition coefficient (Wildman–Crippen LogP) is 4.10. The summed E-state index contributed by atoms with van der Waals surface area (Å²) < 4.78 is 5.44. The minimum atomic E-state index is -0.0852. The van der Waals surface area contributed by atoms with Gasteiger partial charge in [0.25, 0.3) is 0 Å². The largest absolute Gasteiger partial charge is 0.465 e. The fraction of sp³-hybridized carbons (Fsp3) is 0.500. The van der Waals surface area contributed by atoms with Crippen molar-refractivity contribution in [2.45, 2.75) is 45.1 Å². The molecule has 0 aromatic heterocycles. The van der Waals surface area contributed by atoms with E-state index in [9.17, 15) is 4.79 Å². The molecule has 0 unspecified atom stereocenters. The van der Waals surface area contributed by atoms with E-state index in [2.05, 4.69) is 64.8 Å². The molecule has 2 aromatic carbocycles. The summed E-state index contributed by atoms with van der Waals surface area (Å²) in [6.07, 6.45) is 5.29. The number of rotatable bonds is 12. The maximum atomic E-state index is 12.7. The van der Waals surface area contributed by atoms with Crippen molar-refractivity contribution in [1.29, 1.82) is 0 Å². The van der Waals surface area contributed by atoms with Crippen molar-refractivity contribution in [3.8, 4) is 0 Å². The Labute approximate surface area is 181 Å². The number of hydrogen-bond donors (Lipinski definition) is 1. The number of carbonyl (C=O) groups is 1. The maximum absolute atomic E-state index is 12.7. The van der Waals surface area contributed by atoms with E-state index in [-0.39, 0.29) is 12.0 Å². The highest BCUT2D eigenvalue weighted by Crippen LogP contribution is 2.29. The lowest BCUT2D eigenvalue weighted by Gasteiger charge is -2.26. The van der Waals surface area contributed by atoms with Crippen LogP contribution in [0.15, 0.2) is 60.7 Å². The first kappa shape index (κ1) is 22.5. The van der Waals surface area contributed by atoms with Crippen molar-refractivity contribution in [3.05, 3.63) is 71.8 Å². The van der Waals surface area contributed by atoms with Crippen molar-refractivity contribution in [2.24, 2.45) is 5.92 Å². The first-order valence-corrected chi connectivity index (χ1v) is 11.5. The first-order valence-electron chi connectivity index (χ1n) is 11.5. The van der Waals surface area contributed by atoms with E-state index in [0.29, 0.717) is 12.5 Å². The molecule has 1 aliphatic rings. The van der Waals surface area contributed by atoms with Crippen LogP contribution in [0.5, 0.6) is 0 Å². The Bertz CT molecular complexity index is 735. The van der Waals surface area contributed by atoms with Crippen molar-refractivity contribution < 1.29 is 9.53 Å². The highest BCUT2D eigenvalue weighted by atomic mass is 16.5. The lowest BCUT2D eigenvalue weighted by molar-refractivity contribution is -0.149. The van der Waals surface area contributed by atoms with Gasteiger partial charge in [0.05, 0.1) is 6.61 Å². The number of esters is 1. The van der Waals surface area contributed by atoms with E-state index in [4.69, 9.17) is 4.74 Å². The molecular formula is C26H36N2O2. The summed E-state index contributed by atoms with van der Waals surface area (Å²) in [7, 11) is 0. The minimum absolute atomic E-state index is 0.0369. The van der Waals surface area contributed by atoms with Crippen molar-refractivity contribution >= 4 is 5.97 Å². The maximum Gasteiger partial charge on any atom is 0.323 e. The molecule has 3 rings (SSSR count). The molecule has 162 valence electrons. The van der Waals surface area contributed by atoms with Crippen LogP contribution in [-0.4, -0.2) is 49.7 Å². The highest BCUT2D eigenvalue weighted by molar-refractivity contribution is 5.76. The Morgan fingerprint density at radius 1 is 1.00 bits per heavy atom. The quantitative estimate of drug-likeness (QED) is 0.424. The molecule has 1 fully saturated rings. The summed E-state index contributed by atoms with van der Waals surface area (Å²) in [5.41, 5.74) is 2.70. The normalized spacial score (nSPS) is 19.1. The molecule has 4 nitrogen and oxygen atoms in total. The van der Waals surface area contributed by atoms with Gasteiger partial charge in [-0.1, -0.05) is 60.7 Å². The van der Waals surface area contributed by atoms with Gasteiger partial charge >= 0.3 is 5.97 Å². The number of nitrogens with one attached hydrogen (secondary N) is 1. The third kappa shape index (κ3) is 6.96. The zero-order chi connectivity index (χ0) is 21.0. The minimum Gasteiger partial charge on any atom is -0.465 e.